The van der Waals surface area contributed by atoms with Crippen molar-refractivity contribution in [2.75, 3.05) is 20.1 Å². The van der Waals surface area contributed by atoms with Gasteiger partial charge in [0.05, 0.1) is 6.17 Å². The predicted octanol–water partition coefficient (Wildman–Crippen LogP) is 1.42. The minimum Gasteiger partial charge on any atom is -0.335 e. The van der Waals surface area contributed by atoms with E-state index in [1.54, 1.807) is 0 Å². The van der Waals surface area contributed by atoms with E-state index in [0.29, 0.717) is 12.1 Å². The molecule has 2 saturated carbocycles. The Morgan fingerprint density at radius 2 is 1.78 bits per heavy atom. The summed E-state index contributed by atoms with van der Waals surface area (Å²) >= 11 is 0. The predicted molar refractivity (Wildman–Crippen MR) is 109 cm³/mol. The molecular formula is C20H40N6O. The van der Waals surface area contributed by atoms with Gasteiger partial charge in [-0.2, -0.15) is 0 Å². The summed E-state index contributed by atoms with van der Waals surface area (Å²) in [7, 11) is 1.98. The summed E-state index contributed by atoms with van der Waals surface area (Å²) in [6.45, 7) is 4.15. The average Bonchev–Trinajstić information content (AvgIpc) is 2.64. The quantitative estimate of drug-likeness (QED) is 0.376. The van der Waals surface area contributed by atoms with Gasteiger partial charge >= 0.3 is 6.03 Å². The zero-order valence-electron chi connectivity index (χ0n) is 17.2. The van der Waals surface area contributed by atoms with Crippen LogP contribution in [0.4, 0.5) is 4.79 Å². The molecular weight excluding hydrogens is 340 g/mol. The van der Waals surface area contributed by atoms with Gasteiger partial charge in [-0.1, -0.05) is 25.7 Å². The van der Waals surface area contributed by atoms with Gasteiger partial charge in [0, 0.05) is 12.1 Å². The summed E-state index contributed by atoms with van der Waals surface area (Å²) < 4.78 is 0. The maximum absolute atomic E-state index is 12.5. The van der Waals surface area contributed by atoms with E-state index in [4.69, 9.17) is 0 Å². The lowest BCUT2D eigenvalue weighted by molar-refractivity contribution is 0.141. The highest BCUT2D eigenvalue weighted by molar-refractivity contribution is 5.74. The number of urea groups is 1. The van der Waals surface area contributed by atoms with Crippen LogP contribution in [0.15, 0.2) is 0 Å². The van der Waals surface area contributed by atoms with E-state index in [1.807, 2.05) is 7.05 Å². The molecule has 1 saturated heterocycles. The molecule has 2 amide bonds. The second-order valence-corrected chi connectivity index (χ2v) is 8.80. The van der Waals surface area contributed by atoms with Crippen molar-refractivity contribution in [1.29, 1.82) is 0 Å². The Morgan fingerprint density at radius 1 is 0.963 bits per heavy atom. The summed E-state index contributed by atoms with van der Waals surface area (Å²) in [5.74, 6) is 1.74. The van der Waals surface area contributed by atoms with Crippen molar-refractivity contribution < 1.29 is 4.79 Å². The third-order valence-electron chi connectivity index (χ3n) is 6.55. The molecule has 7 nitrogen and oxygen atoms in total. The van der Waals surface area contributed by atoms with E-state index in [9.17, 15) is 4.79 Å². The lowest BCUT2D eigenvalue weighted by Crippen LogP contribution is -2.68. The third kappa shape index (κ3) is 6.59. The Balaban J connectivity index is 1.39. The summed E-state index contributed by atoms with van der Waals surface area (Å²) in [5.41, 5.74) is 0. The topological polar surface area (TPSA) is 89.2 Å². The molecule has 3 rings (SSSR count). The Labute approximate surface area is 164 Å². The highest BCUT2D eigenvalue weighted by atomic mass is 16.2. The van der Waals surface area contributed by atoms with Crippen LogP contribution in [0.5, 0.6) is 0 Å². The van der Waals surface area contributed by atoms with Crippen molar-refractivity contribution in [3.63, 3.8) is 0 Å². The molecule has 27 heavy (non-hydrogen) atoms. The normalized spacial score (nSPS) is 36.7. The first kappa shape index (κ1) is 20.8. The number of carbonyl (C=O) groups is 1. The molecule has 0 aromatic heterocycles. The second kappa shape index (κ2) is 10.6. The van der Waals surface area contributed by atoms with Crippen LogP contribution in [0, 0.1) is 11.8 Å². The average molecular weight is 381 g/mol. The van der Waals surface area contributed by atoms with Gasteiger partial charge in [0.25, 0.3) is 0 Å². The molecule has 6 atom stereocenters. The first-order valence-corrected chi connectivity index (χ1v) is 11.1. The van der Waals surface area contributed by atoms with E-state index in [1.165, 1.54) is 32.1 Å². The highest BCUT2D eigenvalue weighted by Crippen LogP contribution is 2.40. The molecule has 1 aliphatic heterocycles. The van der Waals surface area contributed by atoms with Gasteiger partial charge < -0.3 is 21.3 Å². The molecule has 2 aliphatic carbocycles. The number of amides is 2. The highest BCUT2D eigenvalue weighted by Gasteiger charge is 2.33. The van der Waals surface area contributed by atoms with Crippen LogP contribution < -0.4 is 31.9 Å². The van der Waals surface area contributed by atoms with Gasteiger partial charge in [-0.05, 0) is 71.0 Å². The van der Waals surface area contributed by atoms with Crippen molar-refractivity contribution in [1.82, 2.24) is 31.9 Å². The second-order valence-electron chi connectivity index (χ2n) is 8.80. The van der Waals surface area contributed by atoms with Gasteiger partial charge in [0.15, 0.2) is 0 Å². The van der Waals surface area contributed by atoms with Crippen LogP contribution in [0.25, 0.3) is 0 Å². The van der Waals surface area contributed by atoms with E-state index >= 15 is 0 Å². The lowest BCUT2D eigenvalue weighted by Gasteiger charge is -2.40. The van der Waals surface area contributed by atoms with Crippen LogP contribution in [-0.4, -0.2) is 50.7 Å². The number of carbonyl (C=O) groups excluding carboxylic acids is 1. The molecule has 156 valence electrons. The van der Waals surface area contributed by atoms with Gasteiger partial charge in [-0.3, -0.25) is 10.6 Å². The molecule has 0 bridgehead atoms. The van der Waals surface area contributed by atoms with Crippen LogP contribution in [0.3, 0.4) is 0 Å². The number of hydrogen-bond donors (Lipinski definition) is 6. The van der Waals surface area contributed by atoms with Gasteiger partial charge in [0.1, 0.15) is 6.29 Å². The number of hydrogen-bond acceptors (Lipinski definition) is 5. The minimum absolute atomic E-state index is 0.0534. The molecule has 3 aliphatic rings. The minimum atomic E-state index is -0.193. The molecule has 0 spiro atoms. The standard InChI is InChI=1S/C20H40N6O/c1-14-12-18(22-11-5-10-21-2)25-19(23-14)26-20(27)24-17-9-8-15-6-3-4-7-16(15)13-17/h14-19,21-23,25H,3-13H2,1-2H3,(H2,24,26,27). The SMILES string of the molecule is CNCCCNC1CC(C)NC(NC(=O)NC2CCC3CCCCC3C2)N1. The number of nitrogens with one attached hydrogen (secondary N) is 6. The van der Waals surface area contributed by atoms with Crippen molar-refractivity contribution in [2.45, 2.75) is 89.3 Å². The first-order valence-electron chi connectivity index (χ1n) is 11.1. The van der Waals surface area contributed by atoms with Crippen LogP contribution in [-0.2, 0) is 0 Å². The maximum Gasteiger partial charge on any atom is 0.317 e. The van der Waals surface area contributed by atoms with Crippen molar-refractivity contribution in [3.05, 3.63) is 0 Å². The molecule has 6 unspecified atom stereocenters. The summed E-state index contributed by atoms with van der Waals surface area (Å²) in [6.07, 6.45) is 11.2. The molecule has 0 radical (unpaired) electrons. The Morgan fingerprint density at radius 3 is 2.59 bits per heavy atom. The van der Waals surface area contributed by atoms with Crippen molar-refractivity contribution in [2.24, 2.45) is 11.8 Å². The molecule has 7 heteroatoms. The smallest absolute Gasteiger partial charge is 0.317 e. The number of fused-ring (bicyclic) bond motifs is 1. The lowest BCUT2D eigenvalue weighted by atomic mass is 9.69. The molecule has 6 N–H and O–H groups in total. The third-order valence-corrected chi connectivity index (χ3v) is 6.55. The van der Waals surface area contributed by atoms with Crippen molar-refractivity contribution in [3.8, 4) is 0 Å². The van der Waals surface area contributed by atoms with E-state index in [2.05, 4.69) is 38.8 Å². The van der Waals surface area contributed by atoms with Gasteiger partial charge in [-0.25, -0.2) is 4.79 Å². The molecule has 0 aromatic carbocycles. The summed E-state index contributed by atoms with van der Waals surface area (Å²) in [5, 5.41) is 19.9. The fourth-order valence-corrected chi connectivity index (χ4v) is 5.15. The molecule has 1 heterocycles. The monoisotopic (exact) mass is 380 g/mol. The molecule has 3 fully saturated rings. The van der Waals surface area contributed by atoms with E-state index in [-0.39, 0.29) is 18.5 Å². The van der Waals surface area contributed by atoms with E-state index < -0.39 is 0 Å². The maximum atomic E-state index is 12.5. The van der Waals surface area contributed by atoms with Gasteiger partial charge in [0.2, 0.25) is 0 Å². The Hall–Kier alpha value is -0.890. The fraction of sp³-hybridized carbons (Fsp3) is 0.950. The Kier molecular flexibility index (Phi) is 8.18. The van der Waals surface area contributed by atoms with Crippen LogP contribution in [0.1, 0.15) is 64.7 Å². The van der Waals surface area contributed by atoms with Crippen molar-refractivity contribution >= 4 is 6.03 Å². The zero-order valence-corrected chi connectivity index (χ0v) is 17.2. The summed E-state index contributed by atoms with van der Waals surface area (Å²) in [6, 6.07) is 0.638. The van der Waals surface area contributed by atoms with Crippen LogP contribution >= 0.6 is 0 Å². The van der Waals surface area contributed by atoms with Gasteiger partial charge in [-0.15, -0.1) is 0 Å². The number of rotatable bonds is 7. The van der Waals surface area contributed by atoms with Crippen LogP contribution in [0.2, 0.25) is 0 Å². The summed E-state index contributed by atoms with van der Waals surface area (Å²) in [4.78, 5) is 12.5. The zero-order chi connectivity index (χ0) is 19.1. The largest absolute Gasteiger partial charge is 0.335 e. The first-order chi connectivity index (χ1) is 13.1. The molecule has 0 aromatic rings. The van der Waals surface area contributed by atoms with E-state index in [0.717, 1.165) is 50.6 Å². The Bertz CT molecular complexity index is 462. The fourth-order valence-electron chi connectivity index (χ4n) is 5.15.